The summed E-state index contributed by atoms with van der Waals surface area (Å²) in [7, 11) is 0. The van der Waals surface area contributed by atoms with E-state index in [0.29, 0.717) is 28.9 Å². The zero-order valence-corrected chi connectivity index (χ0v) is 26.7. The van der Waals surface area contributed by atoms with Crippen LogP contribution in [0.15, 0.2) is 83.8 Å². The highest BCUT2D eigenvalue weighted by Crippen LogP contribution is 2.42. The maximum Gasteiger partial charge on any atom is 0.260 e. The summed E-state index contributed by atoms with van der Waals surface area (Å²) in [6, 6.07) is 26.3. The number of benzene rings is 3. The molecular weight excluding hydrogens is 588 g/mol. The molecule has 1 aliphatic carbocycles. The topological polar surface area (TPSA) is 55.9 Å². The predicted octanol–water partition coefficient (Wildman–Crippen LogP) is 6.32. The van der Waals surface area contributed by atoms with Crippen LogP contribution in [0, 0.1) is 0 Å². The van der Waals surface area contributed by atoms with Crippen LogP contribution in [0.3, 0.4) is 0 Å². The Balaban J connectivity index is 1.01. The van der Waals surface area contributed by atoms with E-state index in [1.807, 2.05) is 54.6 Å². The molecule has 3 aromatic carbocycles. The Morgan fingerprint density at radius 2 is 1.59 bits per heavy atom. The van der Waals surface area contributed by atoms with Gasteiger partial charge in [0.1, 0.15) is 0 Å². The maximum absolute atomic E-state index is 13.7. The largest absolute Gasteiger partial charge is 0.351 e. The molecule has 0 radical (unpaired) electrons. The number of piperazine rings is 1. The van der Waals surface area contributed by atoms with Crippen molar-refractivity contribution in [3.05, 3.63) is 111 Å². The Hall–Kier alpha value is -3.10. The highest BCUT2D eigenvalue weighted by atomic mass is 35.5. The first-order valence-corrected chi connectivity index (χ1v) is 17.1. The first-order chi connectivity index (χ1) is 21.5. The number of halogens is 1. The fourth-order valence-corrected chi connectivity index (χ4v) is 8.20. The molecule has 3 aliphatic rings. The molecule has 6 rings (SSSR count). The highest BCUT2D eigenvalue weighted by Gasteiger charge is 2.40. The first-order valence-electron chi connectivity index (χ1n) is 15.8. The van der Waals surface area contributed by atoms with Gasteiger partial charge in [-0.15, -0.1) is 11.8 Å². The van der Waals surface area contributed by atoms with E-state index < -0.39 is 0 Å². The second kappa shape index (κ2) is 14.8. The minimum atomic E-state index is -0.0622. The molecule has 0 aromatic heterocycles. The number of thioether (sulfide) groups is 1. The van der Waals surface area contributed by atoms with E-state index in [2.05, 4.69) is 50.3 Å². The molecule has 0 bridgehead atoms. The second-order valence-corrected chi connectivity index (χ2v) is 13.8. The molecule has 1 saturated carbocycles. The van der Waals surface area contributed by atoms with Gasteiger partial charge in [-0.2, -0.15) is 0 Å². The summed E-state index contributed by atoms with van der Waals surface area (Å²) in [6.07, 6.45) is 6.52. The van der Waals surface area contributed by atoms with Gasteiger partial charge in [0.05, 0.1) is 4.91 Å². The van der Waals surface area contributed by atoms with Gasteiger partial charge < -0.3 is 10.2 Å². The third-order valence-electron chi connectivity index (χ3n) is 8.96. The van der Waals surface area contributed by atoms with Crippen LogP contribution < -0.4 is 5.32 Å². The minimum absolute atomic E-state index is 0.0622. The number of carbonyl (C=O) groups excluding carboxylic acids is 2. The van der Waals surface area contributed by atoms with Gasteiger partial charge >= 0.3 is 0 Å². The average Bonchev–Trinajstić information content (AvgIpc) is 3.05. The number of fused-ring (bicyclic) bond motifs is 1. The van der Waals surface area contributed by atoms with Gasteiger partial charge in [-0.1, -0.05) is 79.0 Å². The molecule has 3 fully saturated rings. The number of hydrogen-bond donors (Lipinski definition) is 1. The lowest BCUT2D eigenvalue weighted by molar-refractivity contribution is -0.130. The standard InChI is InChI=1S/C36H41ClN4O2S/c37-31-10-6-9-29(23-31)26-41-32-11-4-5-12-33(32)44-34(36(41)43)24-27-13-15-30(16-14-27)35(42)38-17-18-39-19-21-40(22-20-39)25-28-7-2-1-3-8-28/h1-3,6-10,13-16,23-24,32-33H,4-5,11-12,17-22,25-26H2,(H,38,42)/b34-24+. The molecule has 2 heterocycles. The molecule has 1 N–H and O–H groups in total. The van der Waals surface area contributed by atoms with Crippen molar-refractivity contribution in [3.8, 4) is 0 Å². The van der Waals surface area contributed by atoms with Gasteiger partial charge in [0.15, 0.2) is 0 Å². The van der Waals surface area contributed by atoms with Crippen molar-refractivity contribution in [3.63, 3.8) is 0 Å². The zero-order valence-electron chi connectivity index (χ0n) is 25.2. The van der Waals surface area contributed by atoms with Crippen LogP contribution in [-0.2, 0) is 17.9 Å². The molecule has 230 valence electrons. The summed E-state index contributed by atoms with van der Waals surface area (Å²) in [4.78, 5) is 34.3. The summed E-state index contributed by atoms with van der Waals surface area (Å²) in [6.45, 7) is 7.15. The van der Waals surface area contributed by atoms with E-state index in [4.69, 9.17) is 11.6 Å². The highest BCUT2D eigenvalue weighted by molar-refractivity contribution is 8.04. The number of amides is 2. The van der Waals surface area contributed by atoms with E-state index in [0.717, 1.165) is 74.6 Å². The Morgan fingerprint density at radius 1 is 0.864 bits per heavy atom. The Kier molecular flexibility index (Phi) is 10.4. The zero-order chi connectivity index (χ0) is 30.3. The SMILES string of the molecule is O=C(NCCN1CCN(Cc2ccccc2)CC1)c1ccc(/C=C2/SC3CCCCC3N(Cc3cccc(Cl)c3)C2=O)cc1. The predicted molar refractivity (Wildman–Crippen MR) is 181 cm³/mol. The van der Waals surface area contributed by atoms with Gasteiger partial charge in [-0.25, -0.2) is 0 Å². The van der Waals surface area contributed by atoms with Gasteiger partial charge in [0, 0.05) is 74.2 Å². The smallest absolute Gasteiger partial charge is 0.260 e. The van der Waals surface area contributed by atoms with Gasteiger partial charge in [-0.3, -0.25) is 19.4 Å². The Morgan fingerprint density at radius 3 is 2.36 bits per heavy atom. The molecule has 2 amide bonds. The lowest BCUT2D eigenvalue weighted by Crippen LogP contribution is -2.50. The van der Waals surface area contributed by atoms with Crippen LogP contribution in [0.2, 0.25) is 5.02 Å². The number of carbonyl (C=O) groups is 2. The maximum atomic E-state index is 13.7. The van der Waals surface area contributed by atoms with Crippen LogP contribution in [0.1, 0.15) is 52.7 Å². The molecule has 2 aliphatic heterocycles. The van der Waals surface area contributed by atoms with Crippen LogP contribution >= 0.6 is 23.4 Å². The summed E-state index contributed by atoms with van der Waals surface area (Å²) in [5.74, 6) is 0.0219. The molecule has 2 atom stereocenters. The first kappa shape index (κ1) is 30.9. The number of nitrogens with one attached hydrogen (secondary N) is 1. The van der Waals surface area contributed by atoms with Crippen molar-refractivity contribution in [1.82, 2.24) is 20.0 Å². The fraction of sp³-hybridized carbons (Fsp3) is 0.389. The lowest BCUT2D eigenvalue weighted by Gasteiger charge is -2.44. The molecule has 8 heteroatoms. The van der Waals surface area contributed by atoms with Crippen molar-refractivity contribution < 1.29 is 9.59 Å². The number of rotatable bonds is 9. The van der Waals surface area contributed by atoms with Crippen molar-refractivity contribution >= 4 is 41.3 Å². The molecule has 3 aromatic rings. The van der Waals surface area contributed by atoms with Crippen LogP contribution in [0.4, 0.5) is 0 Å². The van der Waals surface area contributed by atoms with E-state index >= 15 is 0 Å². The van der Waals surface area contributed by atoms with Crippen LogP contribution in [0.5, 0.6) is 0 Å². The Bertz CT molecular complexity index is 1460. The van der Waals surface area contributed by atoms with Crippen LogP contribution in [0.25, 0.3) is 6.08 Å². The van der Waals surface area contributed by atoms with Crippen molar-refractivity contribution in [2.45, 2.75) is 50.1 Å². The third-order valence-corrected chi connectivity index (χ3v) is 10.6. The number of hydrogen-bond acceptors (Lipinski definition) is 5. The second-order valence-electron chi connectivity index (χ2n) is 12.1. The monoisotopic (exact) mass is 628 g/mol. The molecular formula is C36H41ClN4O2S. The molecule has 2 saturated heterocycles. The van der Waals surface area contributed by atoms with E-state index in [9.17, 15) is 9.59 Å². The molecule has 44 heavy (non-hydrogen) atoms. The van der Waals surface area contributed by atoms with Crippen LogP contribution in [-0.4, -0.2) is 77.1 Å². The average molecular weight is 629 g/mol. The molecule has 0 spiro atoms. The third kappa shape index (κ3) is 7.94. The summed E-state index contributed by atoms with van der Waals surface area (Å²) >= 11 is 7.98. The summed E-state index contributed by atoms with van der Waals surface area (Å²) < 4.78 is 0. The molecule has 2 unspecified atom stereocenters. The van der Waals surface area contributed by atoms with E-state index in [1.54, 1.807) is 11.8 Å². The van der Waals surface area contributed by atoms with Crippen molar-refractivity contribution in [1.29, 1.82) is 0 Å². The lowest BCUT2D eigenvalue weighted by atomic mass is 9.92. The van der Waals surface area contributed by atoms with Gasteiger partial charge in [0.25, 0.3) is 11.8 Å². The summed E-state index contributed by atoms with van der Waals surface area (Å²) in [5.41, 5.74) is 3.98. The minimum Gasteiger partial charge on any atom is -0.351 e. The van der Waals surface area contributed by atoms with E-state index in [-0.39, 0.29) is 17.9 Å². The van der Waals surface area contributed by atoms with Crippen molar-refractivity contribution in [2.24, 2.45) is 0 Å². The normalized spacial score (nSPS) is 22.2. The fourth-order valence-electron chi connectivity index (χ4n) is 6.52. The quantitative estimate of drug-likeness (QED) is 0.281. The molecule has 6 nitrogen and oxygen atoms in total. The van der Waals surface area contributed by atoms with Crippen molar-refractivity contribution in [2.75, 3.05) is 39.3 Å². The summed E-state index contributed by atoms with van der Waals surface area (Å²) in [5, 5.41) is 4.18. The van der Waals surface area contributed by atoms with E-state index in [1.165, 1.54) is 12.0 Å². The van der Waals surface area contributed by atoms with Gasteiger partial charge in [0.2, 0.25) is 0 Å². The number of nitrogens with zero attached hydrogens (tertiary/aromatic N) is 3. The van der Waals surface area contributed by atoms with Gasteiger partial charge in [-0.05, 0) is 59.9 Å². The Labute approximate surface area is 270 Å².